The van der Waals surface area contributed by atoms with Gasteiger partial charge in [0, 0.05) is 19.3 Å². The third-order valence-electron chi connectivity index (χ3n) is 12.3. The van der Waals surface area contributed by atoms with Gasteiger partial charge in [0.05, 0.1) is 0 Å². The Morgan fingerprint density at radius 2 is 0.557 bits per heavy atom. The predicted molar refractivity (Wildman–Crippen MR) is 302 cm³/mol. The number of hydrogen-bond acceptors (Lipinski definition) is 6. The van der Waals surface area contributed by atoms with Crippen molar-refractivity contribution in [3.05, 3.63) is 97.2 Å². The van der Waals surface area contributed by atoms with Crippen molar-refractivity contribution in [3.63, 3.8) is 0 Å². The minimum Gasteiger partial charge on any atom is -0.462 e. The zero-order valence-corrected chi connectivity index (χ0v) is 45.8. The Hall–Kier alpha value is -3.67. The predicted octanol–water partition coefficient (Wildman–Crippen LogP) is 19.7. The van der Waals surface area contributed by atoms with Gasteiger partial charge in [-0.15, -0.1) is 0 Å². The SMILES string of the molecule is CC/C=C\C/C=C\C/C=C\C/C=C\C/C=C\C/C=C\CCCCCCCCCCCCC(=O)OCC(COC(=O)CCCCCCCCCC)OC(=O)CCCCCCC/C=C\C/C=C\CCCCC. The summed E-state index contributed by atoms with van der Waals surface area (Å²) in [6.07, 6.45) is 77.0. The summed E-state index contributed by atoms with van der Waals surface area (Å²) in [6, 6.07) is 0. The molecule has 0 N–H and O–H groups in total. The molecular weight excluding hydrogens is 865 g/mol. The lowest BCUT2D eigenvalue weighted by atomic mass is 10.1. The Balaban J connectivity index is 4.19. The van der Waals surface area contributed by atoms with Crippen molar-refractivity contribution in [2.24, 2.45) is 0 Å². The first-order chi connectivity index (χ1) is 34.5. The van der Waals surface area contributed by atoms with Gasteiger partial charge < -0.3 is 14.2 Å². The van der Waals surface area contributed by atoms with E-state index < -0.39 is 6.10 Å². The lowest BCUT2D eigenvalue weighted by Crippen LogP contribution is -2.30. The molecule has 0 aliphatic carbocycles. The largest absolute Gasteiger partial charge is 0.462 e. The van der Waals surface area contributed by atoms with Gasteiger partial charge in [-0.3, -0.25) is 14.4 Å². The van der Waals surface area contributed by atoms with Crippen LogP contribution in [0, 0.1) is 0 Å². The second-order valence-electron chi connectivity index (χ2n) is 19.2. The molecule has 0 saturated carbocycles. The minimum atomic E-state index is -0.784. The van der Waals surface area contributed by atoms with Crippen LogP contribution in [0.4, 0.5) is 0 Å². The molecule has 400 valence electrons. The number of esters is 3. The van der Waals surface area contributed by atoms with E-state index in [1.165, 1.54) is 109 Å². The Bertz CT molecular complexity index is 1400. The summed E-state index contributed by atoms with van der Waals surface area (Å²) in [5, 5.41) is 0. The second kappa shape index (κ2) is 57.9. The molecule has 6 heteroatoms. The number of carbonyl (C=O) groups excluding carboxylic acids is 3. The van der Waals surface area contributed by atoms with E-state index in [1.807, 2.05) is 0 Å². The summed E-state index contributed by atoms with van der Waals surface area (Å²) in [5.74, 6) is -0.903. The van der Waals surface area contributed by atoms with E-state index in [2.05, 4.69) is 118 Å². The first-order valence-corrected chi connectivity index (χ1v) is 29.2. The van der Waals surface area contributed by atoms with Gasteiger partial charge in [0.2, 0.25) is 0 Å². The molecule has 0 amide bonds. The molecule has 0 aliphatic heterocycles. The van der Waals surface area contributed by atoms with E-state index in [-0.39, 0.29) is 31.1 Å². The van der Waals surface area contributed by atoms with Gasteiger partial charge in [0.25, 0.3) is 0 Å². The normalized spacial score (nSPS) is 12.8. The summed E-state index contributed by atoms with van der Waals surface area (Å²) in [4.78, 5) is 38.0. The van der Waals surface area contributed by atoms with Gasteiger partial charge in [-0.2, -0.15) is 0 Å². The highest BCUT2D eigenvalue weighted by Crippen LogP contribution is 2.15. The van der Waals surface area contributed by atoms with Gasteiger partial charge in [0.15, 0.2) is 6.10 Å². The molecule has 1 atom stereocenters. The highest BCUT2D eigenvalue weighted by atomic mass is 16.6. The van der Waals surface area contributed by atoms with Crippen LogP contribution in [0.2, 0.25) is 0 Å². The van der Waals surface area contributed by atoms with Crippen LogP contribution < -0.4 is 0 Å². The molecule has 0 radical (unpaired) electrons. The molecule has 6 nitrogen and oxygen atoms in total. The monoisotopic (exact) mass is 973 g/mol. The zero-order chi connectivity index (χ0) is 50.7. The van der Waals surface area contributed by atoms with Gasteiger partial charge >= 0.3 is 17.9 Å². The van der Waals surface area contributed by atoms with Gasteiger partial charge in [0.1, 0.15) is 13.2 Å². The van der Waals surface area contributed by atoms with E-state index in [4.69, 9.17) is 14.2 Å². The maximum absolute atomic E-state index is 12.8. The summed E-state index contributed by atoms with van der Waals surface area (Å²) in [7, 11) is 0. The van der Waals surface area contributed by atoms with E-state index in [9.17, 15) is 14.4 Å². The third kappa shape index (κ3) is 55.3. The van der Waals surface area contributed by atoms with Crippen molar-refractivity contribution in [1.29, 1.82) is 0 Å². The fraction of sp³-hybridized carbons (Fsp3) is 0.703. The van der Waals surface area contributed by atoms with Crippen LogP contribution in [0.25, 0.3) is 0 Å². The van der Waals surface area contributed by atoms with Crippen LogP contribution in [0.3, 0.4) is 0 Å². The Kier molecular flexibility index (Phi) is 54.9. The zero-order valence-electron chi connectivity index (χ0n) is 45.8. The third-order valence-corrected chi connectivity index (χ3v) is 12.3. The van der Waals surface area contributed by atoms with E-state index in [0.29, 0.717) is 19.3 Å². The summed E-state index contributed by atoms with van der Waals surface area (Å²) in [6.45, 7) is 6.46. The highest BCUT2D eigenvalue weighted by Gasteiger charge is 2.19. The van der Waals surface area contributed by atoms with E-state index >= 15 is 0 Å². The average Bonchev–Trinajstić information content (AvgIpc) is 3.36. The molecular formula is C64H108O6. The number of rotatable bonds is 52. The number of allylic oxidation sites excluding steroid dienone is 16. The molecule has 0 aliphatic rings. The van der Waals surface area contributed by atoms with Crippen molar-refractivity contribution < 1.29 is 28.6 Å². The van der Waals surface area contributed by atoms with E-state index in [1.54, 1.807) is 0 Å². The topological polar surface area (TPSA) is 78.9 Å². The fourth-order valence-corrected chi connectivity index (χ4v) is 7.95. The lowest BCUT2D eigenvalue weighted by Gasteiger charge is -2.18. The second-order valence-corrected chi connectivity index (χ2v) is 19.2. The smallest absolute Gasteiger partial charge is 0.306 e. The van der Waals surface area contributed by atoms with Crippen LogP contribution in [0.15, 0.2) is 97.2 Å². The standard InChI is InChI=1S/C64H108O6/c1-4-7-10-13-16-19-21-23-25-26-27-28-29-30-31-32-33-34-35-36-37-38-40-41-43-45-48-51-54-57-63(66)69-60-61(59-68-62(65)56-53-50-47-18-15-12-9-6-3)70-64(67)58-55-52-49-46-44-42-39-24-22-20-17-14-11-8-5-2/h7,10,16-17,19-20,23-25,27-28,30-31,33-34,39,61H,4-6,8-9,11-15,18,21-22,26,29,32,35-38,40-60H2,1-3H3/b10-7-,19-16-,20-17-,25-23-,28-27-,31-30-,34-33-,39-24-. The lowest BCUT2D eigenvalue weighted by molar-refractivity contribution is -0.167. The molecule has 0 bridgehead atoms. The van der Waals surface area contributed by atoms with Gasteiger partial charge in [-0.25, -0.2) is 0 Å². The Labute approximate surface area is 432 Å². The number of ether oxygens (including phenoxy) is 3. The maximum atomic E-state index is 12.8. The number of carbonyl (C=O) groups is 3. The van der Waals surface area contributed by atoms with Crippen molar-refractivity contribution in [2.75, 3.05) is 13.2 Å². The highest BCUT2D eigenvalue weighted by molar-refractivity contribution is 5.71. The molecule has 70 heavy (non-hydrogen) atoms. The molecule has 0 aromatic rings. The van der Waals surface area contributed by atoms with E-state index in [0.717, 1.165) is 122 Å². The Morgan fingerprint density at radius 3 is 0.900 bits per heavy atom. The molecule has 0 saturated heterocycles. The van der Waals surface area contributed by atoms with Gasteiger partial charge in [-0.05, 0) is 103 Å². The van der Waals surface area contributed by atoms with Crippen LogP contribution in [-0.2, 0) is 28.6 Å². The fourth-order valence-electron chi connectivity index (χ4n) is 7.95. The average molecular weight is 974 g/mol. The molecule has 0 fully saturated rings. The van der Waals surface area contributed by atoms with Crippen molar-refractivity contribution in [1.82, 2.24) is 0 Å². The molecule has 1 unspecified atom stereocenters. The first kappa shape index (κ1) is 66.3. The van der Waals surface area contributed by atoms with Crippen LogP contribution in [-0.4, -0.2) is 37.2 Å². The molecule has 0 aromatic heterocycles. The van der Waals surface area contributed by atoms with Crippen LogP contribution in [0.1, 0.15) is 271 Å². The number of unbranched alkanes of at least 4 members (excludes halogenated alkanes) is 25. The minimum absolute atomic E-state index is 0.0828. The molecule has 0 spiro atoms. The van der Waals surface area contributed by atoms with Crippen molar-refractivity contribution in [3.8, 4) is 0 Å². The first-order valence-electron chi connectivity index (χ1n) is 29.2. The van der Waals surface area contributed by atoms with Gasteiger partial charge in [-0.1, -0.05) is 246 Å². The molecule has 0 aromatic carbocycles. The Morgan fingerprint density at radius 1 is 0.300 bits per heavy atom. The molecule has 0 heterocycles. The summed E-state index contributed by atoms with van der Waals surface area (Å²) in [5.41, 5.74) is 0. The van der Waals surface area contributed by atoms with Crippen molar-refractivity contribution >= 4 is 17.9 Å². The quantitative estimate of drug-likeness (QED) is 0.0262. The maximum Gasteiger partial charge on any atom is 0.306 e. The summed E-state index contributed by atoms with van der Waals surface area (Å²) < 4.78 is 16.8. The van der Waals surface area contributed by atoms with Crippen molar-refractivity contribution in [2.45, 2.75) is 277 Å². The van der Waals surface area contributed by atoms with Crippen LogP contribution >= 0.6 is 0 Å². The number of hydrogen-bond donors (Lipinski definition) is 0. The summed E-state index contributed by atoms with van der Waals surface area (Å²) >= 11 is 0. The van der Waals surface area contributed by atoms with Crippen LogP contribution in [0.5, 0.6) is 0 Å². The molecule has 0 rings (SSSR count).